The molecule has 1 amide bonds. The Hall–Kier alpha value is -1.95. The largest absolute Gasteiger partial charge is 0.480 e. The SMILES string of the molecule is CC(C)C(NC(=O)CCc1nc2ccccc2s1)C(=O)O. The van der Waals surface area contributed by atoms with E-state index in [0.29, 0.717) is 6.42 Å². The lowest BCUT2D eigenvalue weighted by atomic mass is 10.0. The van der Waals surface area contributed by atoms with Crippen molar-refractivity contribution in [3.63, 3.8) is 0 Å². The smallest absolute Gasteiger partial charge is 0.326 e. The Morgan fingerprint density at radius 2 is 2.05 bits per heavy atom. The Balaban J connectivity index is 1.93. The molecule has 112 valence electrons. The van der Waals surface area contributed by atoms with Crippen LogP contribution in [0.1, 0.15) is 25.3 Å². The van der Waals surface area contributed by atoms with Crippen LogP contribution in [0.15, 0.2) is 24.3 Å². The zero-order valence-electron chi connectivity index (χ0n) is 12.0. The molecule has 0 spiro atoms. The second-order valence-electron chi connectivity index (χ2n) is 5.20. The number of para-hydroxylation sites is 1. The molecule has 0 aliphatic heterocycles. The lowest BCUT2D eigenvalue weighted by Crippen LogP contribution is -2.44. The molecule has 0 saturated heterocycles. The van der Waals surface area contributed by atoms with Crippen LogP contribution in [0, 0.1) is 5.92 Å². The number of thiazole rings is 1. The molecular weight excluding hydrogens is 288 g/mol. The zero-order chi connectivity index (χ0) is 15.4. The van der Waals surface area contributed by atoms with Crippen molar-refractivity contribution >= 4 is 33.4 Å². The molecule has 1 aromatic heterocycles. The van der Waals surface area contributed by atoms with Gasteiger partial charge in [-0.25, -0.2) is 9.78 Å². The average molecular weight is 306 g/mol. The number of nitrogens with one attached hydrogen (secondary N) is 1. The van der Waals surface area contributed by atoms with Crippen LogP contribution in [-0.4, -0.2) is 28.0 Å². The van der Waals surface area contributed by atoms with Crippen molar-refractivity contribution in [1.82, 2.24) is 10.3 Å². The first-order valence-corrected chi connectivity index (χ1v) is 7.65. The number of hydrogen-bond donors (Lipinski definition) is 2. The minimum absolute atomic E-state index is 0.145. The molecule has 1 unspecified atom stereocenters. The van der Waals surface area contributed by atoms with Crippen LogP contribution in [-0.2, 0) is 16.0 Å². The Bertz CT molecular complexity index is 618. The predicted molar refractivity (Wildman–Crippen MR) is 82.3 cm³/mol. The first kappa shape index (κ1) is 15.4. The van der Waals surface area contributed by atoms with Gasteiger partial charge in [-0.05, 0) is 18.1 Å². The van der Waals surface area contributed by atoms with Gasteiger partial charge in [-0.15, -0.1) is 11.3 Å². The van der Waals surface area contributed by atoms with E-state index in [2.05, 4.69) is 10.3 Å². The third kappa shape index (κ3) is 4.01. The van der Waals surface area contributed by atoms with Gasteiger partial charge >= 0.3 is 5.97 Å². The fraction of sp³-hybridized carbons (Fsp3) is 0.400. The monoisotopic (exact) mass is 306 g/mol. The molecule has 0 bridgehead atoms. The number of carboxylic acid groups (broad SMARTS) is 1. The second kappa shape index (κ2) is 6.67. The van der Waals surface area contributed by atoms with Crippen molar-refractivity contribution in [2.75, 3.05) is 0 Å². The summed E-state index contributed by atoms with van der Waals surface area (Å²) in [7, 11) is 0. The van der Waals surface area contributed by atoms with Crippen LogP contribution >= 0.6 is 11.3 Å². The Morgan fingerprint density at radius 1 is 1.33 bits per heavy atom. The standard InChI is InChI=1S/C15H18N2O3S/c1-9(2)14(15(19)20)17-12(18)7-8-13-16-10-5-3-4-6-11(10)21-13/h3-6,9,14H,7-8H2,1-2H3,(H,17,18)(H,19,20). The topological polar surface area (TPSA) is 79.3 Å². The summed E-state index contributed by atoms with van der Waals surface area (Å²) in [6, 6.07) is 6.98. The summed E-state index contributed by atoms with van der Waals surface area (Å²) in [6.45, 7) is 3.54. The van der Waals surface area contributed by atoms with Crippen LogP contribution in [0.3, 0.4) is 0 Å². The summed E-state index contributed by atoms with van der Waals surface area (Å²) in [5.74, 6) is -1.40. The maximum absolute atomic E-state index is 11.9. The molecule has 1 aromatic carbocycles. The number of carbonyl (C=O) groups is 2. The summed E-state index contributed by atoms with van der Waals surface area (Å²) >= 11 is 1.56. The van der Waals surface area contributed by atoms with Crippen molar-refractivity contribution in [1.29, 1.82) is 0 Å². The molecule has 0 aliphatic carbocycles. The van der Waals surface area contributed by atoms with E-state index in [1.165, 1.54) is 0 Å². The van der Waals surface area contributed by atoms with Crippen LogP contribution in [0.2, 0.25) is 0 Å². The van der Waals surface area contributed by atoms with Crippen LogP contribution in [0.4, 0.5) is 0 Å². The Kier molecular flexibility index (Phi) is 4.90. The summed E-state index contributed by atoms with van der Waals surface area (Å²) in [4.78, 5) is 27.4. The lowest BCUT2D eigenvalue weighted by Gasteiger charge is -2.17. The minimum atomic E-state index is -1.00. The van der Waals surface area contributed by atoms with Crippen molar-refractivity contribution in [2.45, 2.75) is 32.7 Å². The molecule has 1 heterocycles. The first-order valence-electron chi connectivity index (χ1n) is 6.84. The average Bonchev–Trinajstić information content (AvgIpc) is 2.84. The molecule has 6 heteroatoms. The summed E-state index contributed by atoms with van der Waals surface area (Å²) in [6.07, 6.45) is 0.770. The highest BCUT2D eigenvalue weighted by Gasteiger charge is 2.23. The fourth-order valence-corrected chi connectivity index (χ4v) is 2.97. The third-order valence-electron chi connectivity index (χ3n) is 3.15. The normalized spacial score (nSPS) is 12.5. The van der Waals surface area contributed by atoms with E-state index in [0.717, 1.165) is 15.2 Å². The van der Waals surface area contributed by atoms with Gasteiger partial charge in [0.2, 0.25) is 5.91 Å². The van der Waals surface area contributed by atoms with Gasteiger partial charge in [0.1, 0.15) is 6.04 Å². The minimum Gasteiger partial charge on any atom is -0.480 e. The number of hydrogen-bond acceptors (Lipinski definition) is 4. The van der Waals surface area contributed by atoms with Crippen molar-refractivity contribution in [3.8, 4) is 0 Å². The van der Waals surface area contributed by atoms with E-state index in [9.17, 15) is 9.59 Å². The second-order valence-corrected chi connectivity index (χ2v) is 6.32. The van der Waals surface area contributed by atoms with E-state index < -0.39 is 12.0 Å². The highest BCUT2D eigenvalue weighted by molar-refractivity contribution is 7.18. The molecule has 0 radical (unpaired) electrons. The first-order chi connectivity index (χ1) is 9.97. The zero-order valence-corrected chi connectivity index (χ0v) is 12.8. The van der Waals surface area contributed by atoms with Gasteiger partial charge in [-0.2, -0.15) is 0 Å². The summed E-state index contributed by atoms with van der Waals surface area (Å²) in [5.41, 5.74) is 0.934. The van der Waals surface area contributed by atoms with Gasteiger partial charge < -0.3 is 10.4 Å². The number of benzene rings is 1. The molecule has 2 N–H and O–H groups in total. The number of fused-ring (bicyclic) bond motifs is 1. The van der Waals surface area contributed by atoms with Crippen molar-refractivity contribution in [2.24, 2.45) is 5.92 Å². The number of aliphatic carboxylic acids is 1. The highest BCUT2D eigenvalue weighted by atomic mass is 32.1. The Morgan fingerprint density at radius 3 is 2.67 bits per heavy atom. The molecule has 1 atom stereocenters. The van der Waals surface area contributed by atoms with Crippen LogP contribution < -0.4 is 5.32 Å². The van der Waals surface area contributed by atoms with Gasteiger partial charge in [-0.1, -0.05) is 26.0 Å². The van der Waals surface area contributed by atoms with E-state index in [-0.39, 0.29) is 18.2 Å². The molecule has 2 rings (SSSR count). The maximum Gasteiger partial charge on any atom is 0.326 e. The number of aryl methyl sites for hydroxylation is 1. The molecule has 5 nitrogen and oxygen atoms in total. The third-order valence-corrected chi connectivity index (χ3v) is 4.25. The molecule has 0 aliphatic rings. The molecule has 2 aromatic rings. The van der Waals surface area contributed by atoms with Crippen molar-refractivity contribution in [3.05, 3.63) is 29.3 Å². The van der Waals surface area contributed by atoms with E-state index in [1.807, 2.05) is 24.3 Å². The van der Waals surface area contributed by atoms with Gasteiger partial charge in [0.05, 0.1) is 15.2 Å². The fourth-order valence-electron chi connectivity index (χ4n) is 2.01. The molecule has 0 fully saturated rings. The summed E-state index contributed by atoms with van der Waals surface area (Å²) in [5, 5.41) is 12.5. The molecule has 21 heavy (non-hydrogen) atoms. The van der Waals surface area contributed by atoms with Gasteiger partial charge in [-0.3, -0.25) is 4.79 Å². The number of rotatable bonds is 6. The number of aromatic nitrogens is 1. The maximum atomic E-state index is 11.9. The van der Waals surface area contributed by atoms with Crippen LogP contribution in [0.25, 0.3) is 10.2 Å². The number of amides is 1. The highest BCUT2D eigenvalue weighted by Crippen LogP contribution is 2.22. The number of carbonyl (C=O) groups excluding carboxylic acids is 1. The van der Waals surface area contributed by atoms with E-state index in [4.69, 9.17) is 5.11 Å². The van der Waals surface area contributed by atoms with Crippen molar-refractivity contribution < 1.29 is 14.7 Å². The number of carboxylic acids is 1. The molecule has 0 saturated carbocycles. The van der Waals surface area contributed by atoms with E-state index >= 15 is 0 Å². The quantitative estimate of drug-likeness (QED) is 0.859. The van der Waals surface area contributed by atoms with Gasteiger partial charge in [0.15, 0.2) is 0 Å². The summed E-state index contributed by atoms with van der Waals surface area (Å²) < 4.78 is 1.10. The lowest BCUT2D eigenvalue weighted by molar-refractivity contribution is -0.143. The number of nitrogens with zero attached hydrogens (tertiary/aromatic N) is 1. The van der Waals surface area contributed by atoms with Crippen LogP contribution in [0.5, 0.6) is 0 Å². The van der Waals surface area contributed by atoms with E-state index in [1.54, 1.807) is 25.2 Å². The van der Waals surface area contributed by atoms with Gasteiger partial charge in [0, 0.05) is 12.8 Å². The van der Waals surface area contributed by atoms with Gasteiger partial charge in [0.25, 0.3) is 0 Å². The predicted octanol–water partition coefficient (Wildman–Crippen LogP) is 2.45. The molecular formula is C15H18N2O3S. The Labute approximate surface area is 127 Å².